The van der Waals surface area contributed by atoms with Gasteiger partial charge in [-0.1, -0.05) is 6.92 Å². The highest BCUT2D eigenvalue weighted by Crippen LogP contribution is 2.34. The molecule has 0 radical (unpaired) electrons. The Kier molecular flexibility index (Phi) is 6.15. The van der Waals surface area contributed by atoms with Crippen LogP contribution < -0.4 is 10.1 Å². The summed E-state index contributed by atoms with van der Waals surface area (Å²) in [6.45, 7) is 1.46. The summed E-state index contributed by atoms with van der Waals surface area (Å²) in [6, 6.07) is 3.93. The van der Waals surface area contributed by atoms with E-state index >= 15 is 0 Å². The number of nitrogens with one attached hydrogen (secondary N) is 1. The first-order valence-corrected chi connectivity index (χ1v) is 10.3. The number of halogens is 1. The van der Waals surface area contributed by atoms with Gasteiger partial charge in [0.15, 0.2) is 26.4 Å². The molecular formula is C18H14FN5O6S. The third-order valence-corrected chi connectivity index (χ3v) is 5.57. The third kappa shape index (κ3) is 4.95. The molecule has 1 amide bonds. The largest absolute Gasteiger partial charge is 0.452 e. The summed E-state index contributed by atoms with van der Waals surface area (Å²) >= 11 is 0. The first kappa shape index (κ1) is 21.7. The van der Waals surface area contributed by atoms with E-state index in [4.69, 9.17) is 4.74 Å². The van der Waals surface area contributed by atoms with Crippen LogP contribution in [-0.4, -0.2) is 40.0 Å². The van der Waals surface area contributed by atoms with Crippen LogP contribution in [-0.2, 0) is 9.84 Å². The lowest BCUT2D eigenvalue weighted by Gasteiger charge is -2.10. The molecule has 31 heavy (non-hydrogen) atoms. The van der Waals surface area contributed by atoms with Crippen LogP contribution in [0.3, 0.4) is 0 Å². The van der Waals surface area contributed by atoms with Crippen LogP contribution in [0, 0.1) is 15.9 Å². The predicted molar refractivity (Wildman–Crippen MR) is 105 cm³/mol. The molecule has 13 heteroatoms. The smallest absolute Gasteiger partial charge is 0.296 e. The van der Waals surface area contributed by atoms with E-state index in [0.29, 0.717) is 0 Å². The van der Waals surface area contributed by atoms with Crippen LogP contribution in [0.5, 0.6) is 11.5 Å². The number of nitro groups is 1. The fourth-order valence-corrected chi connectivity index (χ4v) is 3.15. The van der Waals surface area contributed by atoms with Gasteiger partial charge >= 0.3 is 0 Å². The van der Waals surface area contributed by atoms with Crippen molar-refractivity contribution >= 4 is 27.1 Å². The molecule has 3 aromatic rings. The van der Waals surface area contributed by atoms with Crippen molar-refractivity contribution < 1.29 is 27.3 Å². The number of nitro benzene ring substituents is 1. The summed E-state index contributed by atoms with van der Waals surface area (Å²) < 4.78 is 43.4. The van der Waals surface area contributed by atoms with Crippen molar-refractivity contribution in [1.82, 2.24) is 15.0 Å². The van der Waals surface area contributed by atoms with E-state index in [9.17, 15) is 27.7 Å². The quantitative estimate of drug-likeness (QED) is 0.425. The molecule has 0 saturated carbocycles. The summed E-state index contributed by atoms with van der Waals surface area (Å²) in [4.78, 5) is 34.0. The number of anilines is 1. The third-order valence-electron chi connectivity index (χ3n) is 3.93. The predicted octanol–water partition coefficient (Wildman–Crippen LogP) is 2.76. The molecule has 160 valence electrons. The average molecular weight is 447 g/mol. The van der Waals surface area contributed by atoms with E-state index in [1.165, 1.54) is 31.5 Å². The number of hydrogen-bond acceptors (Lipinski definition) is 9. The molecule has 11 nitrogen and oxygen atoms in total. The summed E-state index contributed by atoms with van der Waals surface area (Å²) in [5.74, 6) is -2.54. The number of aromatic nitrogens is 3. The van der Waals surface area contributed by atoms with Crippen LogP contribution in [0.4, 0.5) is 15.8 Å². The van der Waals surface area contributed by atoms with Gasteiger partial charge in [-0.25, -0.2) is 22.8 Å². The molecule has 0 saturated heterocycles. The molecule has 0 fully saturated rings. The van der Waals surface area contributed by atoms with Gasteiger partial charge in [0.05, 0.1) is 29.1 Å². The highest BCUT2D eigenvalue weighted by molar-refractivity contribution is 7.91. The van der Waals surface area contributed by atoms with Crippen molar-refractivity contribution in [2.75, 3.05) is 11.1 Å². The van der Waals surface area contributed by atoms with E-state index in [0.717, 1.165) is 24.5 Å². The Morgan fingerprint density at radius 3 is 2.58 bits per heavy atom. The highest BCUT2D eigenvalue weighted by Gasteiger charge is 2.23. The van der Waals surface area contributed by atoms with Gasteiger partial charge in [0.2, 0.25) is 0 Å². The molecule has 0 aliphatic rings. The van der Waals surface area contributed by atoms with Gasteiger partial charge in [-0.05, 0) is 12.1 Å². The Balaban J connectivity index is 1.88. The number of nitrogens with zero attached hydrogens (tertiary/aromatic N) is 4. The number of ether oxygens (including phenoxy) is 1. The van der Waals surface area contributed by atoms with Crippen LogP contribution in [0.25, 0.3) is 0 Å². The first-order valence-electron chi connectivity index (χ1n) is 8.63. The molecule has 0 bridgehead atoms. The van der Waals surface area contributed by atoms with Crippen molar-refractivity contribution in [2.24, 2.45) is 0 Å². The van der Waals surface area contributed by atoms with Crippen molar-refractivity contribution in [2.45, 2.75) is 11.9 Å². The van der Waals surface area contributed by atoms with E-state index in [1.54, 1.807) is 0 Å². The molecule has 1 aromatic carbocycles. The zero-order valence-electron chi connectivity index (χ0n) is 15.9. The lowest BCUT2D eigenvalue weighted by Crippen LogP contribution is -2.15. The van der Waals surface area contributed by atoms with Crippen molar-refractivity contribution in [3.63, 3.8) is 0 Å². The number of amides is 1. The molecule has 0 spiro atoms. The van der Waals surface area contributed by atoms with Crippen molar-refractivity contribution in [3.05, 3.63) is 70.7 Å². The first-order chi connectivity index (χ1) is 14.7. The minimum absolute atomic E-state index is 0.0420. The Hall–Kier alpha value is -4.00. The number of benzene rings is 1. The van der Waals surface area contributed by atoms with Crippen LogP contribution in [0.15, 0.2) is 54.1 Å². The van der Waals surface area contributed by atoms with Crippen LogP contribution >= 0.6 is 0 Å². The number of carbonyl (C=O) groups is 1. The summed E-state index contributed by atoms with van der Waals surface area (Å²) in [7, 11) is -3.53. The van der Waals surface area contributed by atoms with E-state index in [1.807, 2.05) is 0 Å². The van der Waals surface area contributed by atoms with Gasteiger partial charge in [-0.2, -0.15) is 0 Å². The van der Waals surface area contributed by atoms with Gasteiger partial charge in [0.1, 0.15) is 17.1 Å². The second-order valence-corrected chi connectivity index (χ2v) is 8.16. The molecule has 3 rings (SSSR count). The molecule has 0 atom stereocenters. The Morgan fingerprint density at radius 1 is 1.23 bits per heavy atom. The number of sulfone groups is 1. The zero-order chi connectivity index (χ0) is 22.6. The fraction of sp³-hybridized carbons (Fsp3) is 0.111. The summed E-state index contributed by atoms with van der Waals surface area (Å²) in [5.41, 5.74) is -1.16. The fourth-order valence-electron chi connectivity index (χ4n) is 2.36. The molecule has 0 aliphatic carbocycles. The second-order valence-electron chi connectivity index (χ2n) is 5.94. The second kappa shape index (κ2) is 8.79. The maximum atomic E-state index is 14.5. The Labute approximate surface area is 175 Å². The average Bonchev–Trinajstić information content (AvgIpc) is 2.76. The number of carbonyl (C=O) groups excluding carboxylic acids is 1. The molecule has 1 N–H and O–H groups in total. The molecule has 0 unspecified atom stereocenters. The van der Waals surface area contributed by atoms with E-state index in [2.05, 4.69) is 20.3 Å². The van der Waals surface area contributed by atoms with Crippen molar-refractivity contribution in [1.29, 1.82) is 0 Å². The normalized spacial score (nSPS) is 11.0. The number of hydrogen-bond donors (Lipinski definition) is 1. The minimum Gasteiger partial charge on any atom is -0.452 e. The van der Waals surface area contributed by atoms with Gasteiger partial charge in [-0.15, -0.1) is 0 Å². The van der Waals surface area contributed by atoms with E-state index in [-0.39, 0.29) is 22.2 Å². The molecule has 2 aromatic heterocycles. The monoisotopic (exact) mass is 447 g/mol. The number of pyridine rings is 1. The van der Waals surface area contributed by atoms with Crippen LogP contribution in [0.2, 0.25) is 0 Å². The molecule has 2 heterocycles. The van der Waals surface area contributed by atoms with Gasteiger partial charge in [-0.3, -0.25) is 19.9 Å². The van der Waals surface area contributed by atoms with Gasteiger partial charge in [0.25, 0.3) is 11.6 Å². The number of rotatable bonds is 7. The maximum absolute atomic E-state index is 14.5. The van der Waals surface area contributed by atoms with Gasteiger partial charge in [0, 0.05) is 18.5 Å². The molecule has 0 aliphatic heterocycles. The maximum Gasteiger partial charge on any atom is 0.296 e. The Morgan fingerprint density at radius 2 is 2.00 bits per heavy atom. The highest BCUT2D eigenvalue weighted by atomic mass is 32.2. The van der Waals surface area contributed by atoms with Crippen molar-refractivity contribution in [3.8, 4) is 11.5 Å². The van der Waals surface area contributed by atoms with Gasteiger partial charge < -0.3 is 10.1 Å². The van der Waals surface area contributed by atoms with E-state index < -0.39 is 43.6 Å². The van der Waals surface area contributed by atoms with Crippen LogP contribution in [0.1, 0.15) is 17.4 Å². The standard InChI is InChI=1S/C18H14FN5O6S/c1-2-31(28,29)17-4-3-11(9-22-17)30-16-8-15(24(26)27)13(7-12(16)19)23-18(25)14-10-20-5-6-21-14/h3-10H,2H2,1H3,(H,23,25). The Bertz CT molecular complexity index is 1240. The minimum atomic E-state index is -3.53. The topological polar surface area (TPSA) is 154 Å². The summed E-state index contributed by atoms with van der Waals surface area (Å²) in [5, 5.41) is 13.4. The summed E-state index contributed by atoms with van der Waals surface area (Å²) in [6.07, 6.45) is 4.79. The lowest BCUT2D eigenvalue weighted by atomic mass is 10.2. The molecular weight excluding hydrogens is 433 g/mol. The zero-order valence-corrected chi connectivity index (χ0v) is 16.7. The SMILES string of the molecule is CCS(=O)(=O)c1ccc(Oc2cc([N+](=O)[O-])c(NC(=O)c3cnccn3)cc2F)cn1. The lowest BCUT2D eigenvalue weighted by molar-refractivity contribution is -0.384.